The van der Waals surface area contributed by atoms with Gasteiger partial charge >= 0.3 is 5.63 Å². The smallest absolute Gasteiger partial charge is 0.344 e. The van der Waals surface area contributed by atoms with Gasteiger partial charge in [0.15, 0.2) is 0 Å². The molecule has 1 atom stereocenters. The van der Waals surface area contributed by atoms with E-state index in [1.54, 1.807) is 7.11 Å². The number of ether oxygens (including phenoxy) is 1. The van der Waals surface area contributed by atoms with E-state index in [2.05, 4.69) is 23.2 Å². The van der Waals surface area contributed by atoms with Gasteiger partial charge in [-0.2, -0.15) is 0 Å². The second kappa shape index (κ2) is 6.84. The second-order valence-electron chi connectivity index (χ2n) is 6.70. The molecule has 1 aliphatic heterocycles. The summed E-state index contributed by atoms with van der Waals surface area (Å²) < 4.78 is 10.8. The third-order valence-corrected chi connectivity index (χ3v) is 4.85. The molecule has 0 bridgehead atoms. The van der Waals surface area contributed by atoms with Crippen LogP contribution < -0.4 is 20.6 Å². The minimum absolute atomic E-state index is 0.325. The Hall–Kier alpha value is -2.79. The van der Waals surface area contributed by atoms with Crippen molar-refractivity contribution in [1.82, 2.24) is 5.32 Å². The first-order valence-electron chi connectivity index (χ1n) is 8.85. The Balaban J connectivity index is 1.71. The second-order valence-corrected chi connectivity index (χ2v) is 6.70. The molecule has 0 amide bonds. The zero-order valence-corrected chi connectivity index (χ0v) is 15.0. The van der Waals surface area contributed by atoms with Gasteiger partial charge in [-0.3, -0.25) is 0 Å². The SMILES string of the molecule is COc1ccc(-c2cc3ccc(N4CCN[C@H](C)C4)cc3oc2=O)cc1. The molecule has 1 N–H and O–H groups in total. The van der Waals surface area contributed by atoms with Gasteiger partial charge in [0.1, 0.15) is 11.3 Å². The Bertz CT molecular complexity index is 979. The van der Waals surface area contributed by atoms with Crippen LogP contribution in [0.4, 0.5) is 5.69 Å². The largest absolute Gasteiger partial charge is 0.497 e. The topological polar surface area (TPSA) is 54.7 Å². The van der Waals surface area contributed by atoms with Crippen LogP contribution in [0.3, 0.4) is 0 Å². The Morgan fingerprint density at radius 2 is 1.96 bits per heavy atom. The highest BCUT2D eigenvalue weighted by Gasteiger charge is 2.17. The van der Waals surface area contributed by atoms with E-state index in [0.29, 0.717) is 17.2 Å². The summed E-state index contributed by atoms with van der Waals surface area (Å²) in [7, 11) is 1.62. The molecule has 1 saturated heterocycles. The van der Waals surface area contributed by atoms with E-state index in [4.69, 9.17) is 9.15 Å². The number of rotatable bonds is 3. The number of nitrogens with zero attached hydrogens (tertiary/aromatic N) is 1. The molecule has 26 heavy (non-hydrogen) atoms. The van der Waals surface area contributed by atoms with Crippen LogP contribution in [0.2, 0.25) is 0 Å². The molecule has 0 spiro atoms. The quantitative estimate of drug-likeness (QED) is 0.735. The molecule has 3 aromatic rings. The molecule has 5 nitrogen and oxygen atoms in total. The van der Waals surface area contributed by atoms with E-state index >= 15 is 0 Å². The van der Waals surface area contributed by atoms with Crippen LogP contribution in [-0.4, -0.2) is 32.8 Å². The molecular weight excluding hydrogens is 328 g/mol. The lowest BCUT2D eigenvalue weighted by Gasteiger charge is -2.33. The number of benzene rings is 2. The summed E-state index contributed by atoms with van der Waals surface area (Å²) in [6.07, 6.45) is 0. The third kappa shape index (κ3) is 3.18. The lowest BCUT2D eigenvalue weighted by molar-refractivity contribution is 0.415. The normalized spacial score (nSPS) is 17.5. The molecule has 5 heteroatoms. The van der Waals surface area contributed by atoms with Gasteiger partial charge in [-0.05, 0) is 42.8 Å². The van der Waals surface area contributed by atoms with E-state index in [1.165, 1.54) is 0 Å². The van der Waals surface area contributed by atoms with Crippen molar-refractivity contribution < 1.29 is 9.15 Å². The Morgan fingerprint density at radius 1 is 1.15 bits per heavy atom. The average molecular weight is 350 g/mol. The van der Waals surface area contributed by atoms with Crippen LogP contribution in [0.25, 0.3) is 22.1 Å². The zero-order valence-electron chi connectivity index (χ0n) is 15.0. The number of hydrogen-bond donors (Lipinski definition) is 1. The number of piperazine rings is 1. The van der Waals surface area contributed by atoms with Gasteiger partial charge in [0, 0.05) is 42.8 Å². The maximum atomic E-state index is 12.5. The summed E-state index contributed by atoms with van der Waals surface area (Å²) in [4.78, 5) is 14.8. The highest BCUT2D eigenvalue weighted by molar-refractivity contribution is 5.84. The number of hydrogen-bond acceptors (Lipinski definition) is 5. The van der Waals surface area contributed by atoms with Crippen molar-refractivity contribution >= 4 is 16.7 Å². The molecule has 4 rings (SSSR count). The Kier molecular flexibility index (Phi) is 4.39. The molecule has 0 radical (unpaired) electrons. The van der Waals surface area contributed by atoms with Gasteiger partial charge in [-0.25, -0.2) is 4.79 Å². The van der Waals surface area contributed by atoms with E-state index in [0.717, 1.165) is 42.0 Å². The van der Waals surface area contributed by atoms with E-state index in [-0.39, 0.29) is 5.63 Å². The Labute approximate surface area is 152 Å². The number of nitrogens with one attached hydrogen (secondary N) is 1. The van der Waals surface area contributed by atoms with Gasteiger partial charge in [0.2, 0.25) is 0 Å². The van der Waals surface area contributed by atoms with Crippen molar-refractivity contribution in [2.24, 2.45) is 0 Å². The standard InChI is InChI=1S/C21H22N2O3/c1-14-13-23(10-9-22-14)17-6-3-16-11-19(21(24)26-20(16)12-17)15-4-7-18(25-2)8-5-15/h3-8,11-12,14,22H,9-10,13H2,1-2H3/t14-/m1/s1. The van der Waals surface area contributed by atoms with Gasteiger partial charge < -0.3 is 19.4 Å². The molecule has 0 aliphatic carbocycles. The first-order chi connectivity index (χ1) is 12.6. The van der Waals surface area contributed by atoms with Crippen LogP contribution in [0.15, 0.2) is 57.7 Å². The molecule has 0 saturated carbocycles. The third-order valence-electron chi connectivity index (χ3n) is 4.85. The molecule has 1 aromatic heterocycles. The van der Waals surface area contributed by atoms with Gasteiger partial charge in [0.05, 0.1) is 12.7 Å². The van der Waals surface area contributed by atoms with E-state index in [1.807, 2.05) is 42.5 Å². The monoisotopic (exact) mass is 350 g/mol. The summed E-state index contributed by atoms with van der Waals surface area (Å²) in [6, 6.07) is 15.8. The fourth-order valence-corrected chi connectivity index (χ4v) is 3.44. The number of methoxy groups -OCH3 is 1. The molecule has 134 valence electrons. The lowest BCUT2D eigenvalue weighted by Crippen LogP contribution is -2.49. The zero-order chi connectivity index (χ0) is 18.1. The molecule has 0 unspecified atom stereocenters. The molecule has 1 aliphatic rings. The van der Waals surface area contributed by atoms with Gasteiger partial charge in [-0.1, -0.05) is 12.1 Å². The van der Waals surface area contributed by atoms with E-state index in [9.17, 15) is 4.79 Å². The predicted molar refractivity (Wildman–Crippen MR) is 104 cm³/mol. The van der Waals surface area contributed by atoms with Crippen LogP contribution >= 0.6 is 0 Å². The molecular formula is C21H22N2O3. The summed E-state index contributed by atoms with van der Waals surface area (Å²) in [5.74, 6) is 0.758. The van der Waals surface area contributed by atoms with Crippen LogP contribution in [0.1, 0.15) is 6.92 Å². The van der Waals surface area contributed by atoms with Crippen LogP contribution in [0, 0.1) is 0 Å². The minimum atomic E-state index is -0.325. The molecule has 1 fully saturated rings. The molecule has 2 aromatic carbocycles. The fraction of sp³-hybridized carbons (Fsp3) is 0.286. The summed E-state index contributed by atoms with van der Waals surface area (Å²) in [6.45, 7) is 5.03. The first-order valence-corrected chi connectivity index (χ1v) is 8.85. The Morgan fingerprint density at radius 3 is 2.69 bits per heavy atom. The summed E-state index contributed by atoms with van der Waals surface area (Å²) in [5, 5.41) is 4.36. The molecule has 2 heterocycles. The fourth-order valence-electron chi connectivity index (χ4n) is 3.44. The van der Waals surface area contributed by atoms with Crippen LogP contribution in [-0.2, 0) is 0 Å². The van der Waals surface area contributed by atoms with Crippen molar-refractivity contribution in [3.8, 4) is 16.9 Å². The van der Waals surface area contributed by atoms with Crippen molar-refractivity contribution in [3.05, 3.63) is 59.0 Å². The van der Waals surface area contributed by atoms with Gasteiger partial charge in [0.25, 0.3) is 0 Å². The van der Waals surface area contributed by atoms with Crippen molar-refractivity contribution in [3.63, 3.8) is 0 Å². The lowest BCUT2D eigenvalue weighted by atomic mass is 10.1. The average Bonchev–Trinajstić information content (AvgIpc) is 2.67. The number of anilines is 1. The highest BCUT2D eigenvalue weighted by atomic mass is 16.5. The maximum Gasteiger partial charge on any atom is 0.344 e. The first kappa shape index (κ1) is 16.7. The highest BCUT2D eigenvalue weighted by Crippen LogP contribution is 2.26. The van der Waals surface area contributed by atoms with Crippen LogP contribution in [0.5, 0.6) is 5.75 Å². The van der Waals surface area contributed by atoms with Crippen molar-refractivity contribution in [2.75, 3.05) is 31.6 Å². The summed E-state index contributed by atoms with van der Waals surface area (Å²) in [5.41, 5.74) is 2.76. The van der Waals surface area contributed by atoms with Gasteiger partial charge in [-0.15, -0.1) is 0 Å². The minimum Gasteiger partial charge on any atom is -0.497 e. The number of fused-ring (bicyclic) bond motifs is 1. The van der Waals surface area contributed by atoms with Crippen molar-refractivity contribution in [2.45, 2.75) is 13.0 Å². The van der Waals surface area contributed by atoms with Crippen molar-refractivity contribution in [1.29, 1.82) is 0 Å². The summed E-state index contributed by atoms with van der Waals surface area (Å²) >= 11 is 0. The predicted octanol–water partition coefficient (Wildman–Crippen LogP) is 3.27. The van der Waals surface area contributed by atoms with E-state index < -0.39 is 0 Å². The maximum absolute atomic E-state index is 12.5.